The molecule has 0 aliphatic carbocycles. The molecule has 0 bridgehead atoms. The number of hydrogen-bond acceptors (Lipinski definition) is 3. The lowest BCUT2D eigenvalue weighted by atomic mass is 10.0. The summed E-state index contributed by atoms with van der Waals surface area (Å²) in [6, 6.07) is 5.07. The number of carbonyl (C=O) groups is 1. The molecule has 0 saturated carbocycles. The Bertz CT molecular complexity index is 676. The molecular weight excluding hydrogens is 380 g/mol. The molecule has 0 spiro atoms. The first-order chi connectivity index (χ1) is 10.8. The van der Waals surface area contributed by atoms with Gasteiger partial charge in [0.2, 0.25) is 15.9 Å². The monoisotopic (exact) mass is 402 g/mol. The van der Waals surface area contributed by atoms with Crippen molar-refractivity contribution in [3.8, 4) is 0 Å². The number of piperidine rings is 1. The fraction of sp³-hybridized carbons (Fsp3) is 0.562. The van der Waals surface area contributed by atoms with Gasteiger partial charge in [0.25, 0.3) is 0 Å². The van der Waals surface area contributed by atoms with Crippen LogP contribution >= 0.6 is 15.9 Å². The Balaban J connectivity index is 1.91. The number of rotatable bonds is 5. The van der Waals surface area contributed by atoms with Gasteiger partial charge >= 0.3 is 0 Å². The van der Waals surface area contributed by atoms with E-state index in [0.717, 1.165) is 31.5 Å². The van der Waals surface area contributed by atoms with Crippen LogP contribution in [0.2, 0.25) is 0 Å². The van der Waals surface area contributed by atoms with Crippen LogP contribution in [0, 0.1) is 12.8 Å². The van der Waals surface area contributed by atoms with Crippen molar-refractivity contribution in [1.29, 1.82) is 0 Å². The minimum Gasteiger partial charge on any atom is -0.342 e. The van der Waals surface area contributed by atoms with E-state index in [4.69, 9.17) is 0 Å². The first kappa shape index (κ1) is 18.4. The van der Waals surface area contributed by atoms with Crippen LogP contribution in [0.4, 0.5) is 0 Å². The van der Waals surface area contributed by atoms with Crippen molar-refractivity contribution in [1.82, 2.24) is 9.62 Å². The molecule has 1 N–H and O–H groups in total. The van der Waals surface area contributed by atoms with Crippen LogP contribution in [-0.4, -0.2) is 38.9 Å². The molecule has 1 atom stereocenters. The number of halogens is 1. The minimum atomic E-state index is -3.61. The lowest BCUT2D eigenvalue weighted by Gasteiger charge is -2.31. The summed E-state index contributed by atoms with van der Waals surface area (Å²) in [5, 5.41) is 0. The molecule has 1 fully saturated rings. The van der Waals surface area contributed by atoms with Gasteiger partial charge in [0, 0.05) is 30.5 Å². The molecule has 23 heavy (non-hydrogen) atoms. The molecule has 0 radical (unpaired) electrons. The van der Waals surface area contributed by atoms with Gasteiger partial charge in [-0.05, 0) is 59.3 Å². The van der Waals surface area contributed by atoms with Crippen LogP contribution in [0.15, 0.2) is 27.6 Å². The van der Waals surface area contributed by atoms with Crippen molar-refractivity contribution < 1.29 is 13.2 Å². The average molecular weight is 403 g/mol. The first-order valence-electron chi connectivity index (χ1n) is 7.83. The summed E-state index contributed by atoms with van der Waals surface area (Å²) < 4.78 is 27.7. The van der Waals surface area contributed by atoms with E-state index < -0.39 is 10.0 Å². The van der Waals surface area contributed by atoms with Gasteiger partial charge in [-0.3, -0.25) is 4.79 Å². The van der Waals surface area contributed by atoms with Crippen LogP contribution in [0.1, 0.15) is 31.7 Å². The Morgan fingerprint density at radius 1 is 1.43 bits per heavy atom. The molecule has 1 aliphatic heterocycles. The number of amides is 1. The zero-order chi connectivity index (χ0) is 17.0. The molecule has 1 aromatic carbocycles. The Labute approximate surface area is 146 Å². The molecule has 1 amide bonds. The maximum atomic E-state index is 12.3. The number of aryl methyl sites for hydroxylation is 1. The normalized spacial score (nSPS) is 18.9. The quantitative estimate of drug-likeness (QED) is 0.822. The number of sulfonamides is 1. The molecular formula is C16H23BrN2O3S. The summed E-state index contributed by atoms with van der Waals surface area (Å²) in [6.45, 7) is 5.70. The predicted molar refractivity (Wildman–Crippen MR) is 93.7 cm³/mol. The van der Waals surface area contributed by atoms with Crippen LogP contribution in [-0.2, 0) is 14.8 Å². The molecule has 1 unspecified atom stereocenters. The maximum absolute atomic E-state index is 12.3. The summed E-state index contributed by atoms with van der Waals surface area (Å²) >= 11 is 3.28. The molecule has 1 heterocycles. The molecule has 5 nitrogen and oxygen atoms in total. The van der Waals surface area contributed by atoms with Crippen LogP contribution in [0.25, 0.3) is 0 Å². The fourth-order valence-electron chi connectivity index (χ4n) is 2.77. The molecule has 0 aromatic heterocycles. The zero-order valence-corrected chi connectivity index (χ0v) is 15.9. The van der Waals surface area contributed by atoms with Crippen LogP contribution < -0.4 is 4.72 Å². The molecule has 128 valence electrons. The van der Waals surface area contributed by atoms with E-state index in [1.165, 1.54) is 0 Å². The highest BCUT2D eigenvalue weighted by molar-refractivity contribution is 9.10. The van der Waals surface area contributed by atoms with Crippen molar-refractivity contribution >= 4 is 31.9 Å². The second-order valence-electron chi connectivity index (χ2n) is 6.17. The number of carbonyl (C=O) groups excluding carboxylic acids is 1. The second-order valence-corrected chi connectivity index (χ2v) is 8.76. The Hall–Kier alpha value is -0.920. The van der Waals surface area contributed by atoms with E-state index in [1.54, 1.807) is 18.2 Å². The van der Waals surface area contributed by atoms with E-state index >= 15 is 0 Å². The van der Waals surface area contributed by atoms with Gasteiger partial charge in [-0.2, -0.15) is 0 Å². The summed E-state index contributed by atoms with van der Waals surface area (Å²) in [5.41, 5.74) is 0.977. The molecule has 1 saturated heterocycles. The number of benzene rings is 1. The summed E-state index contributed by atoms with van der Waals surface area (Å²) in [7, 11) is -3.61. The fourth-order valence-corrected chi connectivity index (χ4v) is 4.99. The maximum Gasteiger partial charge on any atom is 0.241 e. The molecule has 2 rings (SSSR count). The van der Waals surface area contributed by atoms with E-state index in [9.17, 15) is 13.2 Å². The van der Waals surface area contributed by atoms with Gasteiger partial charge in [0.1, 0.15) is 0 Å². The SMILES string of the molecule is Cc1ccc(S(=O)(=O)NCCC(=O)N2CCCC(C)C2)c(Br)c1. The highest BCUT2D eigenvalue weighted by Crippen LogP contribution is 2.23. The molecule has 1 aromatic rings. The summed E-state index contributed by atoms with van der Waals surface area (Å²) in [5.74, 6) is 0.537. The van der Waals surface area contributed by atoms with Gasteiger partial charge in [-0.15, -0.1) is 0 Å². The van der Waals surface area contributed by atoms with Crippen molar-refractivity contribution in [2.75, 3.05) is 19.6 Å². The Kier molecular flexibility index (Phi) is 6.22. The van der Waals surface area contributed by atoms with Crippen LogP contribution in [0.3, 0.4) is 0 Å². The average Bonchev–Trinajstić information content (AvgIpc) is 2.46. The van der Waals surface area contributed by atoms with Gasteiger partial charge in [-0.1, -0.05) is 13.0 Å². The molecule has 7 heteroatoms. The van der Waals surface area contributed by atoms with Crippen molar-refractivity contribution in [3.63, 3.8) is 0 Å². The number of nitrogens with zero attached hydrogens (tertiary/aromatic N) is 1. The highest BCUT2D eigenvalue weighted by atomic mass is 79.9. The lowest BCUT2D eigenvalue weighted by Crippen LogP contribution is -2.40. The summed E-state index contributed by atoms with van der Waals surface area (Å²) in [6.07, 6.45) is 2.36. The van der Waals surface area contributed by atoms with E-state index in [1.807, 2.05) is 11.8 Å². The standard InChI is InChI=1S/C16H23BrN2O3S/c1-12-5-6-15(14(17)10-12)23(21,22)18-8-7-16(20)19-9-3-4-13(2)11-19/h5-6,10,13,18H,3-4,7-9,11H2,1-2H3. The van der Waals surface area contributed by atoms with E-state index in [0.29, 0.717) is 10.4 Å². The topological polar surface area (TPSA) is 66.5 Å². The number of likely N-dealkylation sites (tertiary alicyclic amines) is 1. The number of hydrogen-bond donors (Lipinski definition) is 1. The van der Waals surface area contributed by atoms with Gasteiger partial charge in [0.15, 0.2) is 0 Å². The van der Waals surface area contributed by atoms with Crippen molar-refractivity contribution in [3.05, 3.63) is 28.2 Å². The third kappa shape index (κ3) is 5.02. The number of nitrogens with one attached hydrogen (secondary N) is 1. The Morgan fingerprint density at radius 2 is 2.17 bits per heavy atom. The third-order valence-electron chi connectivity index (χ3n) is 4.02. The Morgan fingerprint density at radius 3 is 2.83 bits per heavy atom. The second kappa shape index (κ2) is 7.77. The lowest BCUT2D eigenvalue weighted by molar-refractivity contribution is -0.132. The van der Waals surface area contributed by atoms with Crippen molar-refractivity contribution in [2.24, 2.45) is 5.92 Å². The van der Waals surface area contributed by atoms with Gasteiger partial charge < -0.3 is 4.90 Å². The molecule has 1 aliphatic rings. The van der Waals surface area contributed by atoms with Crippen LogP contribution in [0.5, 0.6) is 0 Å². The largest absolute Gasteiger partial charge is 0.342 e. The summed E-state index contributed by atoms with van der Waals surface area (Å²) in [4.78, 5) is 14.2. The van der Waals surface area contributed by atoms with Crippen molar-refractivity contribution in [2.45, 2.75) is 38.0 Å². The third-order valence-corrected chi connectivity index (χ3v) is 6.46. The van der Waals surface area contributed by atoms with E-state index in [-0.39, 0.29) is 23.8 Å². The van der Waals surface area contributed by atoms with E-state index in [2.05, 4.69) is 27.6 Å². The first-order valence-corrected chi connectivity index (χ1v) is 10.1. The smallest absolute Gasteiger partial charge is 0.241 e. The highest BCUT2D eigenvalue weighted by Gasteiger charge is 2.22. The zero-order valence-electron chi connectivity index (χ0n) is 13.5. The predicted octanol–water partition coefficient (Wildman–Crippen LogP) is 2.68. The van der Waals surface area contributed by atoms with Gasteiger partial charge in [-0.25, -0.2) is 13.1 Å². The minimum absolute atomic E-state index is 0.0159. The van der Waals surface area contributed by atoms with Gasteiger partial charge in [0.05, 0.1) is 4.90 Å².